The zero-order valence-corrected chi connectivity index (χ0v) is 14.2. The van der Waals surface area contributed by atoms with E-state index in [1.165, 1.54) is 39.5 Å². The van der Waals surface area contributed by atoms with Crippen LogP contribution < -0.4 is 10.4 Å². The monoisotopic (exact) mass is 349 g/mol. The maximum Gasteiger partial charge on any atom is 0.328 e. The summed E-state index contributed by atoms with van der Waals surface area (Å²) in [6.45, 7) is 1.62. The lowest BCUT2D eigenvalue weighted by atomic mass is 10.2. The van der Waals surface area contributed by atoms with Gasteiger partial charge in [0.2, 0.25) is 0 Å². The van der Waals surface area contributed by atoms with Crippen LogP contribution in [0.25, 0.3) is 11.0 Å². The summed E-state index contributed by atoms with van der Waals surface area (Å²) in [6, 6.07) is 8.28. The van der Waals surface area contributed by atoms with Crippen molar-refractivity contribution in [3.8, 4) is 0 Å². The summed E-state index contributed by atoms with van der Waals surface area (Å²) >= 11 is 0. The number of nitrogens with zero attached hydrogens (tertiary/aromatic N) is 2. The zero-order chi connectivity index (χ0) is 17.6. The predicted octanol–water partition coefficient (Wildman–Crippen LogP) is 2.13. The third-order valence-corrected chi connectivity index (χ3v) is 5.35. The fourth-order valence-electron chi connectivity index (χ4n) is 2.60. The molecule has 24 heavy (non-hydrogen) atoms. The van der Waals surface area contributed by atoms with Crippen LogP contribution in [0.1, 0.15) is 5.56 Å². The molecular formula is C16H16FN3O3S. The van der Waals surface area contributed by atoms with Crippen LogP contribution in [0.15, 0.2) is 46.1 Å². The Hall–Kier alpha value is -2.61. The molecule has 0 aliphatic rings. The Morgan fingerprint density at radius 2 is 1.67 bits per heavy atom. The summed E-state index contributed by atoms with van der Waals surface area (Å²) in [7, 11) is -0.652. The number of hydrogen-bond acceptors (Lipinski definition) is 3. The summed E-state index contributed by atoms with van der Waals surface area (Å²) in [6.07, 6.45) is 0. The molecule has 3 rings (SSSR count). The smallest absolute Gasteiger partial charge is 0.295 e. The number of fused-ring (bicyclic) bond motifs is 1. The molecule has 0 saturated heterocycles. The van der Waals surface area contributed by atoms with Gasteiger partial charge in [-0.25, -0.2) is 17.6 Å². The highest BCUT2D eigenvalue weighted by Gasteiger charge is 2.18. The van der Waals surface area contributed by atoms with Crippen LogP contribution in [0.4, 0.5) is 10.1 Å². The van der Waals surface area contributed by atoms with Gasteiger partial charge in [-0.3, -0.25) is 13.9 Å². The number of nitrogens with one attached hydrogen (secondary N) is 1. The minimum Gasteiger partial charge on any atom is -0.295 e. The molecule has 1 N–H and O–H groups in total. The minimum absolute atomic E-state index is 0.0277. The molecule has 0 radical (unpaired) electrons. The first-order chi connectivity index (χ1) is 11.2. The largest absolute Gasteiger partial charge is 0.328 e. The van der Waals surface area contributed by atoms with Gasteiger partial charge in [-0.05, 0) is 48.9 Å². The summed E-state index contributed by atoms with van der Waals surface area (Å²) in [4.78, 5) is 12.0. The van der Waals surface area contributed by atoms with Crippen LogP contribution in [0, 0.1) is 12.7 Å². The van der Waals surface area contributed by atoms with Crippen LogP contribution in [-0.2, 0) is 24.1 Å². The molecule has 2 aromatic carbocycles. The Bertz CT molecular complexity index is 1110. The van der Waals surface area contributed by atoms with Crippen molar-refractivity contribution in [2.24, 2.45) is 14.1 Å². The molecule has 126 valence electrons. The van der Waals surface area contributed by atoms with E-state index < -0.39 is 15.8 Å². The molecule has 0 saturated carbocycles. The van der Waals surface area contributed by atoms with Gasteiger partial charge in [-0.1, -0.05) is 0 Å². The highest BCUT2D eigenvalue weighted by molar-refractivity contribution is 7.92. The fraction of sp³-hybridized carbons (Fsp3) is 0.188. The molecule has 0 unspecified atom stereocenters. The second kappa shape index (κ2) is 5.48. The number of aryl methyl sites for hydroxylation is 3. The number of benzene rings is 2. The minimum atomic E-state index is -3.86. The van der Waals surface area contributed by atoms with Crippen molar-refractivity contribution >= 4 is 26.7 Å². The first-order valence-electron chi connectivity index (χ1n) is 7.15. The molecule has 0 bridgehead atoms. The summed E-state index contributed by atoms with van der Waals surface area (Å²) in [5, 5.41) is 0. The zero-order valence-electron chi connectivity index (χ0n) is 13.4. The van der Waals surface area contributed by atoms with Gasteiger partial charge in [0, 0.05) is 14.1 Å². The van der Waals surface area contributed by atoms with Gasteiger partial charge in [0.1, 0.15) is 5.82 Å². The molecule has 0 fully saturated rings. The average molecular weight is 349 g/mol. The molecule has 6 nitrogen and oxygen atoms in total. The van der Waals surface area contributed by atoms with Crippen molar-refractivity contribution in [1.29, 1.82) is 0 Å². The summed E-state index contributed by atoms with van der Waals surface area (Å²) < 4.78 is 43.6. The Morgan fingerprint density at radius 3 is 2.33 bits per heavy atom. The lowest BCUT2D eigenvalue weighted by molar-refractivity contribution is 0.601. The van der Waals surface area contributed by atoms with Gasteiger partial charge >= 0.3 is 5.69 Å². The van der Waals surface area contributed by atoms with Crippen molar-refractivity contribution in [2.45, 2.75) is 11.8 Å². The topological polar surface area (TPSA) is 73.1 Å². The fourth-order valence-corrected chi connectivity index (χ4v) is 3.75. The number of hydrogen-bond donors (Lipinski definition) is 1. The highest BCUT2D eigenvalue weighted by Crippen LogP contribution is 2.23. The lowest BCUT2D eigenvalue weighted by Gasteiger charge is -2.11. The van der Waals surface area contributed by atoms with E-state index in [4.69, 9.17) is 0 Å². The van der Waals surface area contributed by atoms with Crippen LogP contribution in [0.2, 0.25) is 0 Å². The van der Waals surface area contributed by atoms with Crippen molar-refractivity contribution in [1.82, 2.24) is 9.13 Å². The number of rotatable bonds is 3. The number of aromatic nitrogens is 2. The number of anilines is 1. The van der Waals surface area contributed by atoms with E-state index in [0.717, 1.165) is 0 Å². The quantitative estimate of drug-likeness (QED) is 0.787. The van der Waals surface area contributed by atoms with Gasteiger partial charge in [0.15, 0.2) is 0 Å². The number of halogens is 1. The van der Waals surface area contributed by atoms with Crippen LogP contribution >= 0.6 is 0 Å². The second-order valence-corrected chi connectivity index (χ2v) is 7.30. The van der Waals surface area contributed by atoms with E-state index in [1.807, 2.05) is 0 Å². The van der Waals surface area contributed by atoms with Gasteiger partial charge < -0.3 is 0 Å². The molecule has 0 spiro atoms. The van der Waals surface area contributed by atoms with Crippen LogP contribution in [-0.4, -0.2) is 17.6 Å². The van der Waals surface area contributed by atoms with E-state index in [9.17, 15) is 17.6 Å². The molecule has 1 aromatic heterocycles. The van der Waals surface area contributed by atoms with Crippen LogP contribution in [0.3, 0.4) is 0 Å². The molecule has 1 heterocycles. The van der Waals surface area contributed by atoms with E-state index >= 15 is 0 Å². The van der Waals surface area contributed by atoms with Gasteiger partial charge in [0.05, 0.1) is 21.6 Å². The Labute approximate surface area is 138 Å². The molecule has 3 aromatic rings. The van der Waals surface area contributed by atoms with Crippen LogP contribution in [0.5, 0.6) is 0 Å². The molecule has 0 atom stereocenters. The Kier molecular flexibility index (Phi) is 3.71. The maximum atomic E-state index is 13.2. The molecule has 0 aliphatic carbocycles. The first-order valence-corrected chi connectivity index (χ1v) is 8.63. The third kappa shape index (κ3) is 2.58. The average Bonchev–Trinajstić information content (AvgIpc) is 2.74. The van der Waals surface area contributed by atoms with Gasteiger partial charge in [0.25, 0.3) is 10.0 Å². The predicted molar refractivity (Wildman–Crippen MR) is 90.1 cm³/mol. The third-order valence-electron chi connectivity index (χ3n) is 3.99. The number of imidazole rings is 1. The highest BCUT2D eigenvalue weighted by atomic mass is 32.2. The standard InChI is InChI=1S/C16H16FN3O3S/c1-10-8-11(17)4-6-13(10)18-24(22,23)12-5-7-14-15(9-12)20(3)16(21)19(14)2/h4-9,18H,1-3H3. The maximum absolute atomic E-state index is 13.2. The molecule has 0 aliphatic heterocycles. The van der Waals surface area contributed by atoms with Crippen molar-refractivity contribution in [3.63, 3.8) is 0 Å². The summed E-state index contributed by atoms with van der Waals surface area (Å²) in [5.74, 6) is -0.434. The van der Waals surface area contributed by atoms with E-state index in [2.05, 4.69) is 4.72 Å². The van der Waals surface area contributed by atoms with Gasteiger partial charge in [-0.15, -0.1) is 0 Å². The SMILES string of the molecule is Cc1cc(F)ccc1NS(=O)(=O)c1ccc2c(c1)n(C)c(=O)n2C. The Balaban J connectivity index is 2.08. The second-order valence-electron chi connectivity index (χ2n) is 5.62. The normalized spacial score (nSPS) is 11.8. The molecule has 0 amide bonds. The van der Waals surface area contributed by atoms with Crippen molar-refractivity contribution in [2.75, 3.05) is 4.72 Å². The number of sulfonamides is 1. The Morgan fingerprint density at radius 1 is 1.00 bits per heavy atom. The van der Waals surface area contributed by atoms with E-state index in [1.54, 1.807) is 27.1 Å². The first kappa shape index (κ1) is 16.3. The summed E-state index contributed by atoms with van der Waals surface area (Å²) in [5.41, 5.74) is 1.70. The van der Waals surface area contributed by atoms with Gasteiger partial charge in [-0.2, -0.15) is 0 Å². The van der Waals surface area contributed by atoms with E-state index in [-0.39, 0.29) is 10.6 Å². The van der Waals surface area contributed by atoms with Crippen molar-refractivity contribution < 1.29 is 12.8 Å². The molecule has 8 heteroatoms. The molecular weight excluding hydrogens is 333 g/mol. The van der Waals surface area contributed by atoms with E-state index in [0.29, 0.717) is 22.3 Å². The van der Waals surface area contributed by atoms with Crippen molar-refractivity contribution in [3.05, 3.63) is 58.3 Å². The lowest BCUT2D eigenvalue weighted by Crippen LogP contribution is -2.19.